The van der Waals surface area contributed by atoms with Crippen molar-refractivity contribution in [3.8, 4) is 0 Å². The van der Waals surface area contributed by atoms with Gasteiger partial charge in [0.2, 0.25) is 5.91 Å². The fourth-order valence-corrected chi connectivity index (χ4v) is 1.44. The Morgan fingerprint density at radius 1 is 1.19 bits per heavy atom. The summed E-state index contributed by atoms with van der Waals surface area (Å²) in [6.45, 7) is 11.8. The molecular weight excluding hydrogens is 198 g/mol. The van der Waals surface area contributed by atoms with Crippen LogP contribution in [0.2, 0.25) is 0 Å². The molecule has 1 atom stereocenters. The predicted molar refractivity (Wildman–Crippen MR) is 70.4 cm³/mol. The van der Waals surface area contributed by atoms with Gasteiger partial charge in [-0.3, -0.25) is 4.79 Å². The maximum atomic E-state index is 11.6. The number of unbranched alkanes of at least 4 members (excludes halogenated alkanes) is 3. The highest BCUT2D eigenvalue weighted by atomic mass is 16.1. The second-order valence-corrected chi connectivity index (χ2v) is 5.88. The molecule has 0 heterocycles. The summed E-state index contributed by atoms with van der Waals surface area (Å²) in [5, 5.41) is 3.01. The number of hydrogen-bond donors (Lipinski definition) is 1. The van der Waals surface area contributed by atoms with E-state index in [1.54, 1.807) is 0 Å². The van der Waals surface area contributed by atoms with Crippen LogP contribution in [0.25, 0.3) is 0 Å². The van der Waals surface area contributed by atoms with Crippen LogP contribution < -0.4 is 5.32 Å². The van der Waals surface area contributed by atoms with Crippen molar-refractivity contribution >= 4 is 5.91 Å². The molecule has 0 bridgehead atoms. The molecule has 0 aliphatic carbocycles. The van der Waals surface area contributed by atoms with Gasteiger partial charge in [-0.1, -0.05) is 53.9 Å². The fourth-order valence-electron chi connectivity index (χ4n) is 1.44. The minimum Gasteiger partial charge on any atom is -0.356 e. The SMILES string of the molecule is CCCCCCNC(=O)CC(C)C(C)(C)C. The Kier molecular flexibility index (Phi) is 7.44. The summed E-state index contributed by atoms with van der Waals surface area (Å²) < 4.78 is 0. The van der Waals surface area contributed by atoms with Gasteiger partial charge in [-0.15, -0.1) is 0 Å². The Bertz CT molecular complexity index is 193. The first kappa shape index (κ1) is 15.5. The van der Waals surface area contributed by atoms with Crippen LogP contribution >= 0.6 is 0 Å². The van der Waals surface area contributed by atoms with E-state index in [2.05, 4.69) is 39.9 Å². The van der Waals surface area contributed by atoms with Crippen molar-refractivity contribution in [2.75, 3.05) is 6.54 Å². The topological polar surface area (TPSA) is 29.1 Å². The Balaban J connectivity index is 3.59. The quantitative estimate of drug-likeness (QED) is 0.659. The lowest BCUT2D eigenvalue weighted by Gasteiger charge is -2.26. The van der Waals surface area contributed by atoms with E-state index in [1.807, 2.05) is 0 Å². The van der Waals surface area contributed by atoms with Crippen molar-refractivity contribution in [1.29, 1.82) is 0 Å². The molecule has 96 valence electrons. The van der Waals surface area contributed by atoms with Crippen molar-refractivity contribution in [2.45, 2.75) is 66.7 Å². The van der Waals surface area contributed by atoms with Gasteiger partial charge in [0.1, 0.15) is 0 Å². The van der Waals surface area contributed by atoms with Gasteiger partial charge < -0.3 is 5.32 Å². The lowest BCUT2D eigenvalue weighted by atomic mass is 9.80. The molecule has 1 N–H and O–H groups in total. The molecule has 0 aromatic carbocycles. The Morgan fingerprint density at radius 3 is 2.31 bits per heavy atom. The molecule has 0 aromatic rings. The average molecular weight is 227 g/mol. The molecule has 2 nitrogen and oxygen atoms in total. The van der Waals surface area contributed by atoms with Crippen LogP contribution in [0.5, 0.6) is 0 Å². The van der Waals surface area contributed by atoms with Crippen LogP contribution in [0.15, 0.2) is 0 Å². The standard InChI is InChI=1S/C14H29NO/c1-6-7-8-9-10-15-13(16)11-12(2)14(3,4)5/h12H,6-11H2,1-5H3,(H,15,16). The lowest BCUT2D eigenvalue weighted by Crippen LogP contribution is -2.29. The van der Waals surface area contributed by atoms with Crippen molar-refractivity contribution in [3.63, 3.8) is 0 Å². The summed E-state index contributed by atoms with van der Waals surface area (Å²) in [6.07, 6.45) is 5.51. The van der Waals surface area contributed by atoms with E-state index in [9.17, 15) is 4.79 Å². The van der Waals surface area contributed by atoms with Crippen LogP contribution in [-0.2, 0) is 4.79 Å². The van der Waals surface area contributed by atoms with E-state index < -0.39 is 0 Å². The molecule has 0 radical (unpaired) electrons. The van der Waals surface area contributed by atoms with E-state index in [1.165, 1.54) is 19.3 Å². The van der Waals surface area contributed by atoms with Crippen molar-refractivity contribution in [1.82, 2.24) is 5.32 Å². The van der Waals surface area contributed by atoms with Crippen LogP contribution in [-0.4, -0.2) is 12.5 Å². The largest absolute Gasteiger partial charge is 0.356 e. The molecule has 0 aliphatic heterocycles. The highest BCUT2D eigenvalue weighted by Crippen LogP contribution is 2.27. The zero-order chi connectivity index (χ0) is 12.6. The fraction of sp³-hybridized carbons (Fsp3) is 0.929. The van der Waals surface area contributed by atoms with Gasteiger partial charge in [-0.2, -0.15) is 0 Å². The van der Waals surface area contributed by atoms with E-state index in [4.69, 9.17) is 0 Å². The number of rotatable bonds is 7. The summed E-state index contributed by atoms with van der Waals surface area (Å²) in [5.74, 6) is 0.641. The highest BCUT2D eigenvalue weighted by Gasteiger charge is 2.22. The Labute approximate surface area is 101 Å². The summed E-state index contributed by atoms with van der Waals surface area (Å²) in [5.41, 5.74) is 0.222. The number of nitrogens with one attached hydrogen (secondary N) is 1. The van der Waals surface area contributed by atoms with Crippen molar-refractivity contribution in [2.24, 2.45) is 11.3 Å². The van der Waals surface area contributed by atoms with Crippen molar-refractivity contribution in [3.05, 3.63) is 0 Å². The van der Waals surface area contributed by atoms with E-state index in [0.29, 0.717) is 12.3 Å². The van der Waals surface area contributed by atoms with Crippen LogP contribution in [0.3, 0.4) is 0 Å². The van der Waals surface area contributed by atoms with Crippen LogP contribution in [0.4, 0.5) is 0 Å². The third-order valence-electron chi connectivity index (χ3n) is 3.32. The number of hydrogen-bond acceptors (Lipinski definition) is 1. The van der Waals surface area contributed by atoms with Gasteiger partial charge >= 0.3 is 0 Å². The molecule has 0 spiro atoms. The minimum atomic E-state index is 0.207. The Morgan fingerprint density at radius 2 is 1.81 bits per heavy atom. The maximum absolute atomic E-state index is 11.6. The summed E-state index contributed by atoms with van der Waals surface area (Å²) in [7, 11) is 0. The highest BCUT2D eigenvalue weighted by molar-refractivity contribution is 5.76. The van der Waals surface area contributed by atoms with Gasteiger partial charge in [-0.05, 0) is 17.8 Å². The molecule has 0 aromatic heterocycles. The van der Waals surface area contributed by atoms with E-state index >= 15 is 0 Å². The van der Waals surface area contributed by atoms with E-state index in [0.717, 1.165) is 13.0 Å². The Hall–Kier alpha value is -0.530. The zero-order valence-electron chi connectivity index (χ0n) is 11.7. The predicted octanol–water partition coefficient (Wildman–Crippen LogP) is 3.76. The molecule has 1 unspecified atom stereocenters. The third kappa shape index (κ3) is 7.72. The van der Waals surface area contributed by atoms with Gasteiger partial charge in [0.15, 0.2) is 0 Å². The molecule has 0 saturated carbocycles. The summed E-state index contributed by atoms with van der Waals surface area (Å²) in [4.78, 5) is 11.6. The molecule has 0 aliphatic rings. The number of carbonyl (C=O) groups excluding carboxylic acids is 1. The second kappa shape index (κ2) is 7.70. The summed E-state index contributed by atoms with van der Waals surface area (Å²) in [6, 6.07) is 0. The average Bonchev–Trinajstić information content (AvgIpc) is 2.16. The smallest absolute Gasteiger partial charge is 0.220 e. The molecule has 1 amide bonds. The number of amides is 1. The van der Waals surface area contributed by atoms with Gasteiger partial charge in [0, 0.05) is 13.0 Å². The normalized spacial score (nSPS) is 13.6. The monoisotopic (exact) mass is 227 g/mol. The summed E-state index contributed by atoms with van der Waals surface area (Å²) >= 11 is 0. The van der Waals surface area contributed by atoms with Gasteiger partial charge in [0.05, 0.1) is 0 Å². The first-order valence-corrected chi connectivity index (χ1v) is 6.64. The number of carbonyl (C=O) groups is 1. The van der Waals surface area contributed by atoms with Gasteiger partial charge in [-0.25, -0.2) is 0 Å². The minimum absolute atomic E-state index is 0.207. The van der Waals surface area contributed by atoms with Gasteiger partial charge in [0.25, 0.3) is 0 Å². The first-order valence-electron chi connectivity index (χ1n) is 6.64. The molecular formula is C14H29NO. The molecule has 0 rings (SSSR count). The van der Waals surface area contributed by atoms with Crippen LogP contribution in [0, 0.1) is 11.3 Å². The van der Waals surface area contributed by atoms with Crippen molar-refractivity contribution < 1.29 is 4.79 Å². The zero-order valence-corrected chi connectivity index (χ0v) is 11.7. The third-order valence-corrected chi connectivity index (χ3v) is 3.32. The second-order valence-electron chi connectivity index (χ2n) is 5.88. The van der Waals surface area contributed by atoms with Crippen LogP contribution in [0.1, 0.15) is 66.7 Å². The maximum Gasteiger partial charge on any atom is 0.220 e. The molecule has 0 saturated heterocycles. The lowest BCUT2D eigenvalue weighted by molar-refractivity contribution is -0.122. The molecule has 0 fully saturated rings. The van der Waals surface area contributed by atoms with E-state index in [-0.39, 0.29) is 11.3 Å². The molecule has 2 heteroatoms. The first-order chi connectivity index (χ1) is 7.38. The molecule has 16 heavy (non-hydrogen) atoms.